The van der Waals surface area contributed by atoms with E-state index < -0.39 is 0 Å². The van der Waals surface area contributed by atoms with E-state index in [1.165, 1.54) is 11.1 Å². The third kappa shape index (κ3) is 2.63. The zero-order valence-corrected chi connectivity index (χ0v) is 16.6. The van der Waals surface area contributed by atoms with E-state index in [0.29, 0.717) is 45.1 Å². The van der Waals surface area contributed by atoms with Crippen LogP contribution >= 0.6 is 0 Å². The van der Waals surface area contributed by atoms with Gasteiger partial charge in [-0.05, 0) is 0 Å². The zero-order valence-electron chi connectivity index (χ0n) is 12.1. The molecule has 6 nitrogen and oxygen atoms in total. The van der Waals surface area contributed by atoms with Crippen molar-refractivity contribution in [1.82, 2.24) is 18.0 Å². The standard InChI is InChI=1S/C15H15N4O2.Tl/c1-2-4-13(14-16-18-19-17-14)12(3-1)11-5-7-15(8-6-11)20-9-10-21-15;/h1-5H,6-10H2;/q-1;+1. The summed E-state index contributed by atoms with van der Waals surface area (Å²) in [7, 11) is 0. The summed E-state index contributed by atoms with van der Waals surface area (Å²) < 4.78 is 13.2. The molecule has 110 valence electrons. The number of benzene rings is 1. The summed E-state index contributed by atoms with van der Waals surface area (Å²) in [4.78, 5) is 0. The van der Waals surface area contributed by atoms with Crippen molar-refractivity contribution >= 4 is 31.6 Å². The van der Waals surface area contributed by atoms with Crippen molar-refractivity contribution in [3.8, 4) is 11.4 Å². The maximum atomic E-state index is 5.78. The Labute approximate surface area is 144 Å². The van der Waals surface area contributed by atoms with Crippen LogP contribution in [-0.2, 0) is 9.47 Å². The Kier molecular flexibility index (Phi) is 3.83. The Balaban J connectivity index is 1.67. The second-order valence-corrected chi connectivity index (χ2v) is 7.32. The normalized spacial score (nSPS) is 20.2. The number of ether oxygens (including phenoxy) is 2. The van der Waals surface area contributed by atoms with Gasteiger partial charge in [0, 0.05) is 0 Å². The summed E-state index contributed by atoms with van der Waals surface area (Å²) in [6.45, 7) is 1.40. The molecule has 1 aliphatic heterocycles. The molecule has 2 aromatic rings. The molecule has 7 heteroatoms. The number of nitrogens with zero attached hydrogens (tertiary/aromatic N) is 4. The molecule has 22 heavy (non-hydrogen) atoms. The second-order valence-electron chi connectivity index (χ2n) is 5.52. The molecule has 0 bridgehead atoms. The Bertz CT molecular complexity index is 722. The minimum absolute atomic E-state index is 0.379. The van der Waals surface area contributed by atoms with Crippen LogP contribution in [0.5, 0.6) is 0 Å². The van der Waals surface area contributed by atoms with Gasteiger partial charge in [-0.1, -0.05) is 0 Å². The summed E-state index contributed by atoms with van der Waals surface area (Å²) in [5.41, 5.74) is 3.55. The molecule has 1 spiro atoms. The maximum absolute atomic E-state index is 5.78. The Hall–Kier alpha value is -1.13. The van der Waals surface area contributed by atoms with Crippen molar-refractivity contribution in [3.05, 3.63) is 35.9 Å². The van der Waals surface area contributed by atoms with E-state index in [9.17, 15) is 0 Å². The average Bonchev–Trinajstić information content (AvgIpc) is 3.18. The van der Waals surface area contributed by atoms with Gasteiger partial charge in [0.05, 0.1) is 0 Å². The molecule has 0 N–H and O–H groups in total. The van der Waals surface area contributed by atoms with E-state index in [4.69, 9.17) is 9.47 Å². The second kappa shape index (κ2) is 5.82. The average molecular weight is 488 g/mol. The number of aromatic nitrogens is 4. The molecule has 0 unspecified atom stereocenters. The predicted octanol–water partition coefficient (Wildman–Crippen LogP) is 1.58. The third-order valence-corrected chi connectivity index (χ3v) is 5.04. The number of allylic oxidation sites excluding steroid dienone is 1. The molecule has 1 aromatic carbocycles. The van der Waals surface area contributed by atoms with E-state index in [0.717, 1.165) is 24.8 Å². The van der Waals surface area contributed by atoms with Crippen molar-refractivity contribution in [3.63, 3.8) is 0 Å². The van der Waals surface area contributed by atoms with Gasteiger partial charge in [-0.25, -0.2) is 0 Å². The van der Waals surface area contributed by atoms with Gasteiger partial charge in [0.15, 0.2) is 0 Å². The van der Waals surface area contributed by atoms with Crippen LogP contribution in [-0.4, -0.2) is 63.1 Å². The number of rotatable bonds is 2. The Morgan fingerprint density at radius 3 is 2.55 bits per heavy atom. The molecule has 0 amide bonds. The topological polar surface area (TPSA) is 62.1 Å². The van der Waals surface area contributed by atoms with Gasteiger partial charge < -0.3 is 0 Å². The van der Waals surface area contributed by atoms with Gasteiger partial charge in [-0.3, -0.25) is 0 Å². The zero-order chi connectivity index (χ0) is 15.0. The molecule has 1 aliphatic carbocycles. The summed E-state index contributed by atoms with van der Waals surface area (Å²) in [6.07, 6.45) is 4.88. The van der Waals surface area contributed by atoms with Crippen LogP contribution in [0.1, 0.15) is 24.8 Å². The molecule has 4 rings (SSSR count). The fraction of sp³-hybridized carbons (Fsp3) is 0.400. The predicted molar refractivity (Wildman–Crippen MR) is 80.9 cm³/mol. The fourth-order valence-electron chi connectivity index (χ4n) is 3.10. The molecule has 0 atom stereocenters. The fourth-order valence-corrected chi connectivity index (χ4v) is 3.73. The molecule has 2 heterocycles. The monoisotopic (exact) mass is 488 g/mol. The van der Waals surface area contributed by atoms with Gasteiger partial charge in [-0.2, -0.15) is 0 Å². The summed E-state index contributed by atoms with van der Waals surface area (Å²) in [5.74, 6) is 0.323. The van der Waals surface area contributed by atoms with Gasteiger partial charge >= 0.3 is 145 Å². The van der Waals surface area contributed by atoms with Crippen molar-refractivity contribution in [2.75, 3.05) is 13.2 Å². The van der Waals surface area contributed by atoms with Crippen LogP contribution in [0.25, 0.3) is 17.0 Å². The first-order chi connectivity index (χ1) is 10.8. The Morgan fingerprint density at radius 2 is 1.91 bits per heavy atom. The molecular formula is C15H15N4O2Tl. The number of hydrogen-bond acceptors (Lipinski definition) is 5. The summed E-state index contributed by atoms with van der Waals surface area (Å²) >= 11 is 0.531. The van der Waals surface area contributed by atoms with Gasteiger partial charge in [-0.15, -0.1) is 0 Å². The van der Waals surface area contributed by atoms with E-state index in [2.05, 4.69) is 39.7 Å². The van der Waals surface area contributed by atoms with E-state index in [1.54, 1.807) is 2.61 Å². The van der Waals surface area contributed by atoms with Crippen LogP contribution in [0.2, 0.25) is 0 Å². The summed E-state index contributed by atoms with van der Waals surface area (Å²) in [5, 5.41) is 12.6. The first-order valence-electron chi connectivity index (χ1n) is 7.38. The molecule has 1 saturated heterocycles. The Morgan fingerprint density at radius 1 is 1.14 bits per heavy atom. The van der Waals surface area contributed by atoms with Gasteiger partial charge in [0.1, 0.15) is 0 Å². The van der Waals surface area contributed by atoms with Gasteiger partial charge in [0.25, 0.3) is 0 Å². The molecule has 2 aliphatic rings. The quantitative estimate of drug-likeness (QED) is 0.602. The first-order valence-corrected chi connectivity index (χ1v) is 9.38. The molecule has 1 aromatic heterocycles. The van der Waals surface area contributed by atoms with Gasteiger partial charge in [0.2, 0.25) is 0 Å². The van der Waals surface area contributed by atoms with Crippen molar-refractivity contribution in [1.29, 1.82) is 0 Å². The molecule has 0 radical (unpaired) electrons. The van der Waals surface area contributed by atoms with Crippen LogP contribution in [0.15, 0.2) is 30.3 Å². The number of hydrogen-bond donors (Lipinski definition) is 0. The van der Waals surface area contributed by atoms with E-state index >= 15 is 0 Å². The molecule has 1 fully saturated rings. The van der Waals surface area contributed by atoms with Crippen LogP contribution in [0, 0.1) is 0 Å². The minimum atomic E-state index is -0.379. The molecular weight excluding hydrogens is 473 g/mol. The number of tetrazole rings is 1. The van der Waals surface area contributed by atoms with E-state index in [1.807, 2.05) is 6.07 Å². The van der Waals surface area contributed by atoms with Crippen molar-refractivity contribution in [2.24, 2.45) is 0 Å². The third-order valence-electron chi connectivity index (χ3n) is 4.19. The summed E-state index contributed by atoms with van der Waals surface area (Å²) in [6, 6.07) is 8.26. The van der Waals surface area contributed by atoms with Crippen molar-refractivity contribution < 1.29 is 9.47 Å². The van der Waals surface area contributed by atoms with Crippen LogP contribution in [0.4, 0.5) is 0 Å². The van der Waals surface area contributed by atoms with E-state index in [-0.39, 0.29) is 5.79 Å². The van der Waals surface area contributed by atoms with Crippen LogP contribution < -0.4 is 0 Å². The van der Waals surface area contributed by atoms with Crippen molar-refractivity contribution in [2.45, 2.75) is 25.0 Å². The molecule has 0 saturated carbocycles. The SMILES string of the molecule is [Tl][n]1nnc(-c2ccccc2C2=CCC3(CC2)OCCO3)n1. The first kappa shape index (κ1) is 14.5. The van der Waals surface area contributed by atoms with Crippen LogP contribution in [0.3, 0.4) is 0 Å².